The predicted molar refractivity (Wildman–Crippen MR) is 55.1 cm³/mol. The number of anilines is 1. The smallest absolute Gasteiger partial charge is 0.376 e. The molecule has 0 radical (unpaired) electrons. The van der Waals surface area contributed by atoms with Crippen molar-refractivity contribution >= 4 is 11.9 Å². The third kappa shape index (κ3) is 3.57. The van der Waals surface area contributed by atoms with Crippen LogP contribution < -0.4 is 5.73 Å². The highest BCUT2D eigenvalue weighted by Gasteiger charge is 2.16. The molecule has 84 valence electrons. The molecule has 0 saturated carbocycles. The van der Waals surface area contributed by atoms with Gasteiger partial charge in [-0.1, -0.05) is 13.8 Å². The second-order valence-corrected chi connectivity index (χ2v) is 3.89. The highest BCUT2D eigenvalue weighted by atomic mass is 16.5. The number of nitrogens with one attached hydrogen (secondary N) is 1. The van der Waals surface area contributed by atoms with Gasteiger partial charge >= 0.3 is 5.97 Å². The second kappa shape index (κ2) is 4.77. The van der Waals surface area contributed by atoms with Crippen LogP contribution in [-0.2, 0) is 4.74 Å². The highest BCUT2D eigenvalue weighted by Crippen LogP contribution is 2.09. The maximum atomic E-state index is 11.4. The third-order valence-electron chi connectivity index (χ3n) is 1.81. The zero-order valence-corrected chi connectivity index (χ0v) is 9.15. The van der Waals surface area contributed by atoms with Crippen LogP contribution in [0.4, 0.5) is 5.95 Å². The minimum atomic E-state index is -0.521. The Kier molecular flexibility index (Phi) is 3.65. The Balaban J connectivity index is 2.49. The molecular formula is C9H16N4O2. The predicted octanol–water partition coefficient (Wildman–Crippen LogP) is 0.978. The van der Waals surface area contributed by atoms with Crippen LogP contribution in [0.2, 0.25) is 0 Å². The van der Waals surface area contributed by atoms with E-state index in [2.05, 4.69) is 29.0 Å². The van der Waals surface area contributed by atoms with Gasteiger partial charge in [0.25, 0.3) is 0 Å². The van der Waals surface area contributed by atoms with Crippen LogP contribution in [0.1, 0.15) is 37.8 Å². The first-order chi connectivity index (χ1) is 6.99. The van der Waals surface area contributed by atoms with E-state index in [1.54, 1.807) is 0 Å². The molecule has 1 unspecified atom stereocenters. The maximum absolute atomic E-state index is 11.4. The van der Waals surface area contributed by atoms with Gasteiger partial charge in [0.1, 0.15) is 0 Å². The molecule has 1 rings (SSSR count). The van der Waals surface area contributed by atoms with Crippen molar-refractivity contribution < 1.29 is 9.53 Å². The van der Waals surface area contributed by atoms with Crippen molar-refractivity contribution in [1.82, 2.24) is 15.2 Å². The number of aromatic nitrogens is 3. The van der Waals surface area contributed by atoms with Crippen LogP contribution in [0.25, 0.3) is 0 Å². The van der Waals surface area contributed by atoms with Crippen LogP contribution in [0.3, 0.4) is 0 Å². The van der Waals surface area contributed by atoms with Gasteiger partial charge in [-0.25, -0.2) is 4.79 Å². The molecule has 0 spiro atoms. The number of carbonyl (C=O) groups excluding carboxylic acids is 1. The summed E-state index contributed by atoms with van der Waals surface area (Å²) in [7, 11) is 0. The summed E-state index contributed by atoms with van der Waals surface area (Å²) in [4.78, 5) is 15.1. The average molecular weight is 212 g/mol. The number of hydrogen-bond donors (Lipinski definition) is 2. The number of nitrogens with zero attached hydrogens (tertiary/aromatic N) is 2. The fourth-order valence-corrected chi connectivity index (χ4v) is 1.32. The van der Waals surface area contributed by atoms with E-state index in [4.69, 9.17) is 10.5 Å². The third-order valence-corrected chi connectivity index (χ3v) is 1.81. The number of carbonyl (C=O) groups is 1. The summed E-state index contributed by atoms with van der Waals surface area (Å²) in [6.07, 6.45) is 0.679. The van der Waals surface area contributed by atoms with Gasteiger partial charge in [-0.15, -0.1) is 5.10 Å². The van der Waals surface area contributed by atoms with E-state index in [1.165, 1.54) is 0 Å². The number of nitrogen functional groups attached to an aromatic ring is 1. The molecule has 0 aromatic carbocycles. The molecule has 0 bridgehead atoms. The molecule has 1 atom stereocenters. The van der Waals surface area contributed by atoms with Gasteiger partial charge in [0, 0.05) is 0 Å². The van der Waals surface area contributed by atoms with Gasteiger partial charge in [-0.2, -0.15) is 4.98 Å². The summed E-state index contributed by atoms with van der Waals surface area (Å²) >= 11 is 0. The first kappa shape index (κ1) is 11.5. The Morgan fingerprint density at radius 1 is 1.53 bits per heavy atom. The van der Waals surface area contributed by atoms with Gasteiger partial charge < -0.3 is 10.5 Å². The lowest BCUT2D eigenvalue weighted by atomic mass is 10.1. The van der Waals surface area contributed by atoms with Gasteiger partial charge in [0.2, 0.25) is 11.8 Å². The number of ether oxygens (including phenoxy) is 1. The Morgan fingerprint density at radius 2 is 2.20 bits per heavy atom. The maximum Gasteiger partial charge on any atom is 0.376 e. The van der Waals surface area contributed by atoms with Crippen LogP contribution in [-0.4, -0.2) is 27.3 Å². The van der Waals surface area contributed by atoms with Gasteiger partial charge in [-0.3, -0.25) is 5.10 Å². The molecule has 1 aromatic heterocycles. The van der Waals surface area contributed by atoms with Gasteiger partial charge in [0.05, 0.1) is 6.10 Å². The molecule has 6 heteroatoms. The lowest BCUT2D eigenvalue weighted by molar-refractivity contribution is 0.0286. The van der Waals surface area contributed by atoms with Crippen LogP contribution in [0, 0.1) is 5.92 Å². The minimum Gasteiger partial charge on any atom is -0.457 e. The van der Waals surface area contributed by atoms with E-state index in [0.717, 1.165) is 6.42 Å². The topological polar surface area (TPSA) is 93.9 Å². The summed E-state index contributed by atoms with van der Waals surface area (Å²) in [6.45, 7) is 5.98. The van der Waals surface area contributed by atoms with Crippen LogP contribution in [0.5, 0.6) is 0 Å². The van der Waals surface area contributed by atoms with E-state index in [9.17, 15) is 4.79 Å². The first-order valence-electron chi connectivity index (χ1n) is 4.88. The lowest BCUT2D eigenvalue weighted by Crippen LogP contribution is -2.18. The van der Waals surface area contributed by atoms with Crippen molar-refractivity contribution in [2.45, 2.75) is 33.3 Å². The van der Waals surface area contributed by atoms with Crippen LogP contribution in [0.15, 0.2) is 0 Å². The van der Waals surface area contributed by atoms with Crippen molar-refractivity contribution in [2.24, 2.45) is 5.92 Å². The van der Waals surface area contributed by atoms with E-state index in [1.807, 2.05) is 6.92 Å². The fourth-order valence-electron chi connectivity index (χ4n) is 1.32. The summed E-state index contributed by atoms with van der Waals surface area (Å²) in [6, 6.07) is 0. The lowest BCUT2D eigenvalue weighted by Gasteiger charge is -2.13. The summed E-state index contributed by atoms with van der Waals surface area (Å²) < 4.78 is 5.13. The Labute approximate surface area is 88.2 Å². The summed E-state index contributed by atoms with van der Waals surface area (Å²) in [5, 5.41) is 5.95. The standard InChI is InChI=1S/C9H16N4O2/c1-5(2)4-6(3)15-8(14)7-11-9(10)13-12-7/h5-6H,4H2,1-3H3,(H3,10,11,12,13). The Hall–Kier alpha value is -1.59. The molecule has 0 aliphatic carbocycles. The molecule has 0 aliphatic rings. The number of rotatable bonds is 4. The summed E-state index contributed by atoms with van der Waals surface area (Å²) in [5.41, 5.74) is 5.27. The molecule has 0 fully saturated rings. The number of esters is 1. The largest absolute Gasteiger partial charge is 0.457 e. The molecule has 6 nitrogen and oxygen atoms in total. The number of hydrogen-bond acceptors (Lipinski definition) is 5. The highest BCUT2D eigenvalue weighted by molar-refractivity contribution is 5.85. The minimum absolute atomic E-state index is 0.0402. The number of nitrogens with two attached hydrogens (primary N) is 1. The van der Waals surface area contributed by atoms with Crippen molar-refractivity contribution in [2.75, 3.05) is 5.73 Å². The van der Waals surface area contributed by atoms with E-state index in [-0.39, 0.29) is 17.9 Å². The Bertz CT molecular complexity index is 335. The van der Waals surface area contributed by atoms with E-state index in [0.29, 0.717) is 5.92 Å². The van der Waals surface area contributed by atoms with Crippen molar-refractivity contribution in [3.63, 3.8) is 0 Å². The van der Waals surface area contributed by atoms with Crippen molar-refractivity contribution in [3.8, 4) is 0 Å². The molecule has 1 heterocycles. The summed E-state index contributed by atoms with van der Waals surface area (Å²) in [5.74, 6) is 0.0431. The van der Waals surface area contributed by atoms with Crippen LogP contribution >= 0.6 is 0 Å². The quantitative estimate of drug-likeness (QED) is 0.725. The monoisotopic (exact) mass is 212 g/mol. The molecule has 0 saturated heterocycles. The zero-order chi connectivity index (χ0) is 11.4. The van der Waals surface area contributed by atoms with Gasteiger partial charge in [0.15, 0.2) is 0 Å². The SMILES string of the molecule is CC(C)CC(C)OC(=O)c1nc(N)n[nH]1. The number of aromatic amines is 1. The Morgan fingerprint density at radius 3 is 2.67 bits per heavy atom. The van der Waals surface area contributed by atoms with E-state index >= 15 is 0 Å². The molecule has 0 aliphatic heterocycles. The zero-order valence-electron chi connectivity index (χ0n) is 9.15. The first-order valence-corrected chi connectivity index (χ1v) is 4.88. The van der Waals surface area contributed by atoms with Gasteiger partial charge in [-0.05, 0) is 19.3 Å². The fraction of sp³-hybridized carbons (Fsp3) is 0.667. The molecule has 0 amide bonds. The molecule has 1 aromatic rings. The van der Waals surface area contributed by atoms with Crippen molar-refractivity contribution in [3.05, 3.63) is 5.82 Å². The average Bonchev–Trinajstić information content (AvgIpc) is 2.49. The molecule has 3 N–H and O–H groups in total. The second-order valence-electron chi connectivity index (χ2n) is 3.89. The normalized spacial score (nSPS) is 12.8. The van der Waals surface area contributed by atoms with Crippen molar-refractivity contribution in [1.29, 1.82) is 0 Å². The molecular weight excluding hydrogens is 196 g/mol. The molecule has 15 heavy (non-hydrogen) atoms. The van der Waals surface area contributed by atoms with E-state index < -0.39 is 5.97 Å². The number of H-pyrrole nitrogens is 1.